The number of rotatable bonds is 6. The highest BCUT2D eigenvalue weighted by Crippen LogP contribution is 2.22. The van der Waals surface area contributed by atoms with Gasteiger partial charge in [0, 0.05) is 11.9 Å². The highest BCUT2D eigenvalue weighted by Gasteiger charge is 2.30. The lowest BCUT2D eigenvalue weighted by atomic mass is 10.2. The van der Waals surface area contributed by atoms with E-state index in [1.807, 2.05) is 7.05 Å². The Morgan fingerprint density at radius 1 is 1.22 bits per heavy atom. The molecule has 6 heteroatoms. The summed E-state index contributed by atoms with van der Waals surface area (Å²) < 4.78 is 39.7. The average molecular weight is 326 g/mol. The van der Waals surface area contributed by atoms with Crippen molar-refractivity contribution in [2.45, 2.75) is 19.3 Å². The zero-order valence-electron chi connectivity index (χ0n) is 10.0. The molecule has 0 radical (unpaired) electrons. The third-order valence-electron chi connectivity index (χ3n) is 2.28. The van der Waals surface area contributed by atoms with Gasteiger partial charge in [-0.3, -0.25) is 0 Å². The monoisotopic (exact) mass is 325 g/mol. The molecule has 0 fully saturated rings. The van der Waals surface area contributed by atoms with Crippen molar-refractivity contribution >= 4 is 15.9 Å². The maximum Gasteiger partial charge on any atom is 0.573 e. The van der Waals surface area contributed by atoms with Crippen LogP contribution in [0, 0.1) is 0 Å². The second-order valence-corrected chi connectivity index (χ2v) is 4.77. The largest absolute Gasteiger partial charge is 0.573 e. The van der Waals surface area contributed by atoms with Crippen molar-refractivity contribution in [3.8, 4) is 5.75 Å². The quantitative estimate of drug-likeness (QED) is 0.737. The van der Waals surface area contributed by atoms with Gasteiger partial charge in [0.2, 0.25) is 0 Å². The van der Waals surface area contributed by atoms with Gasteiger partial charge in [0.05, 0.1) is 0 Å². The summed E-state index contributed by atoms with van der Waals surface area (Å²) in [5.41, 5.74) is 0.960. The van der Waals surface area contributed by atoms with E-state index in [1.165, 1.54) is 12.1 Å². The van der Waals surface area contributed by atoms with Crippen molar-refractivity contribution in [1.82, 2.24) is 4.90 Å². The van der Waals surface area contributed by atoms with E-state index in [0.29, 0.717) is 6.54 Å². The van der Waals surface area contributed by atoms with Crippen molar-refractivity contribution in [3.63, 3.8) is 0 Å². The number of hydrogen-bond acceptors (Lipinski definition) is 2. The van der Waals surface area contributed by atoms with Crippen LogP contribution in [0.5, 0.6) is 5.75 Å². The van der Waals surface area contributed by atoms with E-state index in [2.05, 4.69) is 25.6 Å². The predicted molar refractivity (Wildman–Crippen MR) is 67.9 cm³/mol. The molecule has 2 nitrogen and oxygen atoms in total. The zero-order valence-corrected chi connectivity index (χ0v) is 11.6. The Morgan fingerprint density at radius 2 is 1.83 bits per heavy atom. The average Bonchev–Trinajstić information content (AvgIpc) is 2.27. The van der Waals surface area contributed by atoms with Gasteiger partial charge in [-0.15, -0.1) is 13.2 Å². The van der Waals surface area contributed by atoms with Crippen molar-refractivity contribution in [3.05, 3.63) is 29.8 Å². The van der Waals surface area contributed by atoms with Gasteiger partial charge in [-0.2, -0.15) is 0 Å². The Morgan fingerprint density at radius 3 is 2.33 bits per heavy atom. The van der Waals surface area contributed by atoms with E-state index in [4.69, 9.17) is 0 Å². The Kier molecular flexibility index (Phi) is 5.95. The van der Waals surface area contributed by atoms with E-state index in [0.717, 1.165) is 23.9 Å². The number of halogens is 4. The van der Waals surface area contributed by atoms with Gasteiger partial charge >= 0.3 is 6.36 Å². The molecule has 0 atom stereocenters. The predicted octanol–water partition coefficient (Wildman–Crippen LogP) is 3.80. The first kappa shape index (κ1) is 15.3. The van der Waals surface area contributed by atoms with Crippen LogP contribution < -0.4 is 4.74 Å². The Hall–Kier alpha value is -0.750. The van der Waals surface area contributed by atoms with E-state index < -0.39 is 6.36 Å². The molecule has 0 unspecified atom stereocenters. The van der Waals surface area contributed by atoms with E-state index in [9.17, 15) is 13.2 Å². The molecule has 0 aromatic heterocycles. The lowest BCUT2D eigenvalue weighted by molar-refractivity contribution is -0.274. The summed E-state index contributed by atoms with van der Waals surface area (Å²) in [4.78, 5) is 2.11. The van der Waals surface area contributed by atoms with Gasteiger partial charge < -0.3 is 9.64 Å². The maximum absolute atomic E-state index is 12.0. The number of hydrogen-bond donors (Lipinski definition) is 0. The Labute approximate surface area is 113 Å². The van der Waals surface area contributed by atoms with Gasteiger partial charge in [0.15, 0.2) is 0 Å². The summed E-state index contributed by atoms with van der Waals surface area (Å²) in [5.74, 6) is -0.186. The van der Waals surface area contributed by atoms with E-state index >= 15 is 0 Å². The fraction of sp³-hybridized carbons (Fsp3) is 0.500. The minimum Gasteiger partial charge on any atom is -0.406 e. The molecule has 0 saturated heterocycles. The van der Waals surface area contributed by atoms with Crippen LogP contribution >= 0.6 is 15.9 Å². The van der Waals surface area contributed by atoms with Crippen LogP contribution in [-0.4, -0.2) is 30.2 Å². The lowest BCUT2D eigenvalue weighted by Crippen LogP contribution is -2.19. The molecule has 18 heavy (non-hydrogen) atoms. The minimum absolute atomic E-state index is 0.186. The molecule has 1 rings (SSSR count). The van der Waals surface area contributed by atoms with Gasteiger partial charge in [-0.25, -0.2) is 0 Å². The van der Waals surface area contributed by atoms with Crippen LogP contribution in [0.4, 0.5) is 13.2 Å². The van der Waals surface area contributed by atoms with Gasteiger partial charge in [-0.05, 0) is 37.7 Å². The Bertz CT molecular complexity index is 353. The SMILES string of the molecule is CN(CCCBr)Cc1ccc(OC(F)(F)F)cc1. The van der Waals surface area contributed by atoms with Crippen molar-refractivity contribution in [2.24, 2.45) is 0 Å². The van der Waals surface area contributed by atoms with Crippen LogP contribution in [0.3, 0.4) is 0 Å². The summed E-state index contributed by atoms with van der Waals surface area (Å²) in [7, 11) is 1.97. The second-order valence-electron chi connectivity index (χ2n) is 3.97. The molecule has 0 heterocycles. The molecule has 0 saturated carbocycles. The highest BCUT2D eigenvalue weighted by atomic mass is 79.9. The van der Waals surface area contributed by atoms with Crippen molar-refractivity contribution in [1.29, 1.82) is 0 Å². The Balaban J connectivity index is 2.50. The van der Waals surface area contributed by atoms with Crippen LogP contribution in [-0.2, 0) is 6.54 Å². The van der Waals surface area contributed by atoms with Crippen LogP contribution in [0.25, 0.3) is 0 Å². The fourth-order valence-electron chi connectivity index (χ4n) is 1.52. The standard InChI is InChI=1S/C12H15BrF3NO/c1-17(8-2-7-13)9-10-3-5-11(6-4-10)18-12(14,15)16/h3-6H,2,7-9H2,1H3. The molecule has 0 amide bonds. The van der Waals surface area contributed by atoms with Crippen LogP contribution in [0.2, 0.25) is 0 Å². The van der Waals surface area contributed by atoms with E-state index in [1.54, 1.807) is 12.1 Å². The van der Waals surface area contributed by atoms with Gasteiger partial charge in [-0.1, -0.05) is 28.1 Å². The summed E-state index contributed by atoms with van der Waals surface area (Å²) in [6.45, 7) is 1.64. The highest BCUT2D eigenvalue weighted by molar-refractivity contribution is 9.09. The first-order valence-electron chi connectivity index (χ1n) is 5.50. The topological polar surface area (TPSA) is 12.5 Å². The first-order valence-corrected chi connectivity index (χ1v) is 6.62. The number of ether oxygens (including phenoxy) is 1. The van der Waals surface area contributed by atoms with E-state index in [-0.39, 0.29) is 5.75 Å². The molecule has 1 aromatic rings. The number of benzene rings is 1. The number of alkyl halides is 4. The number of nitrogens with zero attached hydrogens (tertiary/aromatic N) is 1. The molecule has 0 spiro atoms. The van der Waals surface area contributed by atoms with Crippen LogP contribution in [0.1, 0.15) is 12.0 Å². The molecule has 0 aliphatic heterocycles. The summed E-state index contributed by atoms with van der Waals surface area (Å²) >= 11 is 3.35. The third kappa shape index (κ3) is 6.26. The maximum atomic E-state index is 12.0. The molecule has 0 aliphatic rings. The minimum atomic E-state index is -4.63. The molecule has 1 aromatic carbocycles. The summed E-state index contributed by atoms with van der Waals surface area (Å²) in [6.07, 6.45) is -3.60. The van der Waals surface area contributed by atoms with Gasteiger partial charge in [0.25, 0.3) is 0 Å². The third-order valence-corrected chi connectivity index (χ3v) is 2.84. The molecular formula is C12H15BrF3NO. The lowest BCUT2D eigenvalue weighted by Gasteiger charge is -2.16. The summed E-state index contributed by atoms with van der Waals surface area (Å²) in [6, 6.07) is 5.96. The first-order chi connectivity index (χ1) is 8.40. The second kappa shape index (κ2) is 6.99. The molecule has 0 bridgehead atoms. The summed E-state index contributed by atoms with van der Waals surface area (Å²) in [5, 5.41) is 0.940. The van der Waals surface area contributed by atoms with Gasteiger partial charge in [0.1, 0.15) is 5.75 Å². The van der Waals surface area contributed by atoms with Crippen molar-refractivity contribution in [2.75, 3.05) is 18.9 Å². The van der Waals surface area contributed by atoms with Crippen molar-refractivity contribution < 1.29 is 17.9 Å². The zero-order chi connectivity index (χ0) is 13.6. The van der Waals surface area contributed by atoms with Crippen LogP contribution in [0.15, 0.2) is 24.3 Å². The fourth-order valence-corrected chi connectivity index (χ4v) is 1.77. The molecule has 102 valence electrons. The normalized spacial score (nSPS) is 11.9. The smallest absolute Gasteiger partial charge is 0.406 e. The molecule has 0 aliphatic carbocycles. The molecular weight excluding hydrogens is 311 g/mol. The molecule has 0 N–H and O–H groups in total.